The largest absolute Gasteiger partial charge is 0.472 e. The van der Waals surface area contributed by atoms with Crippen LogP contribution in [-0.2, 0) is 23.1 Å². The van der Waals surface area contributed by atoms with Gasteiger partial charge in [0.15, 0.2) is 0 Å². The van der Waals surface area contributed by atoms with Crippen LogP contribution in [-0.4, -0.2) is 21.5 Å². The Morgan fingerprint density at radius 1 is 1.14 bits per heavy atom. The highest BCUT2D eigenvalue weighted by molar-refractivity contribution is 7.89. The second kappa shape index (κ2) is 7.10. The molecule has 0 radical (unpaired) electrons. The number of carbonyl (C=O) groups is 1. The first-order valence-electron chi connectivity index (χ1n) is 6.56. The number of rotatable bonds is 6. The molecule has 0 unspecified atom stereocenters. The molecule has 2 aromatic rings. The van der Waals surface area contributed by atoms with Crippen molar-refractivity contribution in [3.8, 4) is 0 Å². The van der Waals surface area contributed by atoms with Gasteiger partial charge in [0.1, 0.15) is 0 Å². The predicted molar refractivity (Wildman–Crippen MR) is 80.5 cm³/mol. The van der Waals surface area contributed by atoms with Crippen molar-refractivity contribution in [1.82, 2.24) is 15.4 Å². The molecule has 0 aliphatic rings. The molecule has 1 heterocycles. The van der Waals surface area contributed by atoms with E-state index in [9.17, 15) is 13.2 Å². The zero-order valence-electron chi connectivity index (χ0n) is 12.0. The third-order valence-electron chi connectivity index (χ3n) is 2.96. The van der Waals surface area contributed by atoms with Crippen LogP contribution in [0.15, 0.2) is 52.2 Å². The molecule has 0 spiro atoms. The van der Waals surface area contributed by atoms with Crippen LogP contribution in [0.1, 0.15) is 11.1 Å². The van der Waals surface area contributed by atoms with E-state index in [1.165, 1.54) is 25.4 Å². The topological polar surface area (TPSA) is 100 Å². The van der Waals surface area contributed by atoms with Crippen LogP contribution in [0.2, 0.25) is 0 Å². The molecule has 0 aliphatic heterocycles. The molecule has 118 valence electrons. The van der Waals surface area contributed by atoms with Crippen molar-refractivity contribution in [1.29, 1.82) is 0 Å². The molecule has 0 fully saturated rings. The summed E-state index contributed by atoms with van der Waals surface area (Å²) in [6, 6.07) is 7.79. The van der Waals surface area contributed by atoms with Crippen LogP contribution in [0.4, 0.5) is 4.79 Å². The lowest BCUT2D eigenvalue weighted by Gasteiger charge is -2.08. The van der Waals surface area contributed by atoms with Gasteiger partial charge in [0.25, 0.3) is 0 Å². The van der Waals surface area contributed by atoms with Gasteiger partial charge >= 0.3 is 6.03 Å². The summed E-state index contributed by atoms with van der Waals surface area (Å²) in [6.07, 6.45) is 3.08. The lowest BCUT2D eigenvalue weighted by Crippen LogP contribution is -2.34. The number of benzene rings is 1. The van der Waals surface area contributed by atoms with Gasteiger partial charge < -0.3 is 15.1 Å². The maximum atomic E-state index is 11.7. The van der Waals surface area contributed by atoms with Crippen molar-refractivity contribution in [3.05, 3.63) is 54.0 Å². The van der Waals surface area contributed by atoms with E-state index in [2.05, 4.69) is 15.4 Å². The van der Waals surface area contributed by atoms with Gasteiger partial charge in [-0.3, -0.25) is 0 Å². The monoisotopic (exact) mass is 323 g/mol. The molecular formula is C14H17N3O4S. The number of carbonyl (C=O) groups excluding carboxylic acids is 1. The highest BCUT2D eigenvalue weighted by atomic mass is 32.2. The van der Waals surface area contributed by atoms with Crippen molar-refractivity contribution in [3.63, 3.8) is 0 Å². The van der Waals surface area contributed by atoms with E-state index in [1.807, 2.05) is 0 Å². The predicted octanol–water partition coefficient (Wildman–Crippen LogP) is 1.19. The summed E-state index contributed by atoms with van der Waals surface area (Å²) in [6.45, 7) is 0.584. The molecule has 1 aromatic heterocycles. The first kappa shape index (κ1) is 16.1. The van der Waals surface area contributed by atoms with Crippen LogP contribution >= 0.6 is 0 Å². The number of nitrogens with one attached hydrogen (secondary N) is 3. The molecule has 22 heavy (non-hydrogen) atoms. The van der Waals surface area contributed by atoms with Crippen LogP contribution < -0.4 is 15.4 Å². The summed E-state index contributed by atoms with van der Waals surface area (Å²) < 4.78 is 30.6. The molecule has 0 aliphatic carbocycles. The first-order chi connectivity index (χ1) is 10.5. The fourth-order valence-corrected chi connectivity index (χ4v) is 2.56. The molecular weight excluding hydrogens is 306 g/mol. The SMILES string of the molecule is CNS(=O)(=O)c1cccc(CNC(=O)NCc2ccoc2)c1. The highest BCUT2D eigenvalue weighted by Crippen LogP contribution is 2.10. The van der Waals surface area contributed by atoms with E-state index in [-0.39, 0.29) is 17.5 Å². The van der Waals surface area contributed by atoms with Gasteiger partial charge in [0.2, 0.25) is 10.0 Å². The van der Waals surface area contributed by atoms with Crippen molar-refractivity contribution >= 4 is 16.1 Å². The minimum absolute atomic E-state index is 0.160. The van der Waals surface area contributed by atoms with Gasteiger partial charge in [0, 0.05) is 18.7 Å². The Hall–Kier alpha value is -2.32. The summed E-state index contributed by atoms with van der Waals surface area (Å²) in [5.41, 5.74) is 1.55. The number of furan rings is 1. The summed E-state index contributed by atoms with van der Waals surface area (Å²) >= 11 is 0. The number of hydrogen-bond donors (Lipinski definition) is 3. The van der Waals surface area contributed by atoms with Crippen molar-refractivity contribution in [2.75, 3.05) is 7.05 Å². The Morgan fingerprint density at radius 2 is 1.86 bits per heavy atom. The third kappa shape index (κ3) is 4.34. The molecule has 0 saturated carbocycles. The number of sulfonamides is 1. The minimum Gasteiger partial charge on any atom is -0.472 e. The third-order valence-corrected chi connectivity index (χ3v) is 4.38. The van der Waals surface area contributed by atoms with Crippen LogP contribution in [0.25, 0.3) is 0 Å². The summed E-state index contributed by atoms with van der Waals surface area (Å²) in [5.74, 6) is 0. The standard InChI is InChI=1S/C14H17N3O4S/c1-15-22(19,20)13-4-2-3-11(7-13)8-16-14(18)17-9-12-5-6-21-10-12/h2-7,10,15H,8-9H2,1H3,(H2,16,17,18). The highest BCUT2D eigenvalue weighted by Gasteiger charge is 2.11. The molecule has 1 aromatic carbocycles. The van der Waals surface area contributed by atoms with Crippen LogP contribution in [0, 0.1) is 0 Å². The van der Waals surface area contributed by atoms with Gasteiger partial charge in [-0.2, -0.15) is 0 Å². The van der Waals surface area contributed by atoms with Gasteiger partial charge in [0.05, 0.1) is 17.4 Å². The summed E-state index contributed by atoms with van der Waals surface area (Å²) in [5, 5.41) is 5.33. The van der Waals surface area contributed by atoms with Gasteiger partial charge in [-0.25, -0.2) is 17.9 Å². The van der Waals surface area contributed by atoms with Crippen molar-refractivity contribution in [2.24, 2.45) is 0 Å². The number of amides is 2. The Balaban J connectivity index is 1.89. The molecule has 0 saturated heterocycles. The van der Waals surface area contributed by atoms with E-state index in [1.54, 1.807) is 24.5 Å². The van der Waals surface area contributed by atoms with E-state index in [0.717, 1.165) is 5.56 Å². The second-order valence-electron chi connectivity index (χ2n) is 4.52. The Morgan fingerprint density at radius 3 is 2.50 bits per heavy atom. The molecule has 2 rings (SSSR count). The van der Waals surface area contributed by atoms with Gasteiger partial charge in [-0.15, -0.1) is 0 Å². The molecule has 0 atom stereocenters. The van der Waals surface area contributed by atoms with E-state index in [4.69, 9.17) is 4.42 Å². The van der Waals surface area contributed by atoms with E-state index < -0.39 is 10.0 Å². The average Bonchev–Trinajstić information content (AvgIpc) is 3.04. The maximum absolute atomic E-state index is 11.7. The summed E-state index contributed by atoms with van der Waals surface area (Å²) in [4.78, 5) is 11.8. The minimum atomic E-state index is -3.49. The lowest BCUT2D eigenvalue weighted by atomic mass is 10.2. The zero-order valence-corrected chi connectivity index (χ0v) is 12.8. The van der Waals surface area contributed by atoms with Crippen molar-refractivity contribution < 1.29 is 17.6 Å². The van der Waals surface area contributed by atoms with Gasteiger partial charge in [-0.1, -0.05) is 12.1 Å². The summed E-state index contributed by atoms with van der Waals surface area (Å²) in [7, 11) is -2.14. The first-order valence-corrected chi connectivity index (χ1v) is 8.05. The lowest BCUT2D eigenvalue weighted by molar-refractivity contribution is 0.240. The zero-order chi connectivity index (χ0) is 16.0. The molecule has 2 amide bonds. The second-order valence-corrected chi connectivity index (χ2v) is 6.41. The maximum Gasteiger partial charge on any atom is 0.315 e. The fraction of sp³-hybridized carbons (Fsp3) is 0.214. The average molecular weight is 323 g/mol. The fourth-order valence-electron chi connectivity index (χ4n) is 1.76. The number of hydrogen-bond acceptors (Lipinski definition) is 4. The normalized spacial score (nSPS) is 11.1. The molecule has 0 bridgehead atoms. The Labute approximate surface area is 128 Å². The van der Waals surface area contributed by atoms with Crippen LogP contribution in [0.5, 0.6) is 0 Å². The smallest absolute Gasteiger partial charge is 0.315 e. The number of urea groups is 1. The molecule has 3 N–H and O–H groups in total. The Bertz CT molecular complexity index is 726. The van der Waals surface area contributed by atoms with E-state index >= 15 is 0 Å². The van der Waals surface area contributed by atoms with Gasteiger partial charge in [-0.05, 0) is 30.8 Å². The Kier molecular flexibility index (Phi) is 5.18. The van der Waals surface area contributed by atoms with E-state index in [0.29, 0.717) is 12.1 Å². The van der Waals surface area contributed by atoms with Crippen molar-refractivity contribution in [2.45, 2.75) is 18.0 Å². The molecule has 7 nitrogen and oxygen atoms in total. The van der Waals surface area contributed by atoms with Crippen LogP contribution in [0.3, 0.4) is 0 Å². The molecule has 8 heteroatoms. The quantitative estimate of drug-likeness (QED) is 0.743.